The zero-order valence-electron chi connectivity index (χ0n) is 15.0. The van der Waals surface area contributed by atoms with Gasteiger partial charge in [0.15, 0.2) is 0 Å². The fourth-order valence-corrected chi connectivity index (χ4v) is 3.97. The van der Waals surface area contributed by atoms with E-state index in [1.165, 1.54) is 6.07 Å². The molecular formula is C19H25FN3OP. The smallest absolute Gasteiger partial charge is 0.128 e. The van der Waals surface area contributed by atoms with Crippen LogP contribution in [0.3, 0.4) is 0 Å². The summed E-state index contributed by atoms with van der Waals surface area (Å²) < 4.78 is 25.5. The van der Waals surface area contributed by atoms with Crippen LogP contribution in [-0.4, -0.2) is 49.4 Å². The van der Waals surface area contributed by atoms with E-state index in [0.717, 1.165) is 42.9 Å². The van der Waals surface area contributed by atoms with Gasteiger partial charge in [0, 0.05) is 43.7 Å². The van der Waals surface area contributed by atoms with Crippen LogP contribution in [0, 0.1) is 5.82 Å². The van der Waals surface area contributed by atoms with Crippen LogP contribution in [-0.2, 0) is 4.57 Å². The van der Waals surface area contributed by atoms with Crippen LogP contribution in [0.15, 0.2) is 42.6 Å². The molecule has 3 rings (SSSR count). The molecule has 1 aromatic heterocycles. The van der Waals surface area contributed by atoms with Crippen molar-refractivity contribution in [2.24, 2.45) is 0 Å². The molecule has 2 aromatic rings. The van der Waals surface area contributed by atoms with E-state index < -0.39 is 7.14 Å². The molecule has 0 N–H and O–H groups in total. The van der Waals surface area contributed by atoms with E-state index in [4.69, 9.17) is 0 Å². The first-order valence-electron chi connectivity index (χ1n) is 8.60. The lowest BCUT2D eigenvalue weighted by Crippen LogP contribution is -2.47. The van der Waals surface area contributed by atoms with Crippen molar-refractivity contribution in [3.8, 4) is 0 Å². The van der Waals surface area contributed by atoms with Crippen LogP contribution in [0.2, 0.25) is 0 Å². The maximum Gasteiger partial charge on any atom is 0.128 e. The summed E-state index contributed by atoms with van der Waals surface area (Å²) in [7, 11) is -2.26. The van der Waals surface area contributed by atoms with Gasteiger partial charge in [0.2, 0.25) is 0 Å². The quantitative estimate of drug-likeness (QED) is 0.783. The molecule has 1 fully saturated rings. The van der Waals surface area contributed by atoms with Crippen molar-refractivity contribution in [2.75, 3.05) is 44.4 Å². The maximum atomic E-state index is 13.4. The Hall–Kier alpha value is -1.71. The Bertz CT molecular complexity index is 766. The monoisotopic (exact) mass is 361 g/mol. The number of nitrogens with zero attached hydrogens (tertiary/aromatic N) is 3. The van der Waals surface area contributed by atoms with Crippen molar-refractivity contribution in [1.82, 2.24) is 9.88 Å². The Balaban J connectivity index is 1.63. The average molecular weight is 361 g/mol. The van der Waals surface area contributed by atoms with Gasteiger partial charge < -0.3 is 9.46 Å². The molecule has 0 aliphatic carbocycles. The summed E-state index contributed by atoms with van der Waals surface area (Å²) in [6.07, 6.45) is 1.73. The molecule has 6 heteroatoms. The molecule has 0 radical (unpaired) electrons. The highest BCUT2D eigenvalue weighted by Gasteiger charge is 2.23. The fraction of sp³-hybridized carbons (Fsp3) is 0.421. The van der Waals surface area contributed by atoms with Gasteiger partial charge in [0.25, 0.3) is 0 Å². The number of hydrogen-bond donors (Lipinski definition) is 0. The number of benzene rings is 1. The maximum absolute atomic E-state index is 13.4. The highest BCUT2D eigenvalue weighted by atomic mass is 31.2. The molecule has 0 spiro atoms. The summed E-state index contributed by atoms with van der Waals surface area (Å²) in [4.78, 5) is 9.11. The topological polar surface area (TPSA) is 36.4 Å². The molecule has 1 unspecified atom stereocenters. The Morgan fingerprint density at radius 2 is 1.84 bits per heavy atom. The Morgan fingerprint density at radius 1 is 1.12 bits per heavy atom. The van der Waals surface area contributed by atoms with Crippen LogP contribution in [0.4, 0.5) is 10.2 Å². The molecule has 0 amide bonds. The number of halogens is 1. The summed E-state index contributed by atoms with van der Waals surface area (Å²) in [5, 5.41) is 0.814. The lowest BCUT2D eigenvalue weighted by atomic mass is 10.1. The molecule has 4 nitrogen and oxygen atoms in total. The van der Waals surface area contributed by atoms with Gasteiger partial charge >= 0.3 is 0 Å². The minimum absolute atomic E-state index is 0.184. The van der Waals surface area contributed by atoms with Gasteiger partial charge in [0.1, 0.15) is 18.8 Å². The highest BCUT2D eigenvalue weighted by Crippen LogP contribution is 2.34. The van der Waals surface area contributed by atoms with Crippen molar-refractivity contribution >= 4 is 18.3 Å². The zero-order chi connectivity index (χ0) is 18.0. The third-order valence-corrected chi connectivity index (χ3v) is 6.38. The second-order valence-electron chi connectivity index (χ2n) is 6.98. The Kier molecular flexibility index (Phi) is 5.26. The van der Waals surface area contributed by atoms with E-state index >= 15 is 0 Å². The van der Waals surface area contributed by atoms with Crippen LogP contribution in [0.25, 0.3) is 0 Å². The van der Waals surface area contributed by atoms with Crippen molar-refractivity contribution in [3.63, 3.8) is 0 Å². The Labute approximate surface area is 149 Å². The summed E-state index contributed by atoms with van der Waals surface area (Å²) in [5.74, 6) is 0.742. The molecule has 134 valence electrons. The van der Waals surface area contributed by atoms with Gasteiger partial charge in [-0.2, -0.15) is 0 Å². The minimum atomic E-state index is -2.26. The van der Waals surface area contributed by atoms with Gasteiger partial charge in [-0.15, -0.1) is 0 Å². The van der Waals surface area contributed by atoms with Crippen molar-refractivity contribution in [3.05, 3.63) is 54.0 Å². The predicted octanol–water partition coefficient (Wildman–Crippen LogP) is 3.35. The molecular weight excluding hydrogens is 336 g/mol. The van der Waals surface area contributed by atoms with E-state index in [1.54, 1.807) is 31.7 Å². The van der Waals surface area contributed by atoms with Crippen LogP contribution in [0.1, 0.15) is 18.5 Å². The van der Waals surface area contributed by atoms with Crippen molar-refractivity contribution < 1.29 is 8.96 Å². The van der Waals surface area contributed by atoms with Gasteiger partial charge in [-0.05, 0) is 50.1 Å². The largest absolute Gasteiger partial charge is 0.354 e. The second kappa shape index (κ2) is 7.27. The molecule has 0 bridgehead atoms. The molecule has 1 saturated heterocycles. The van der Waals surface area contributed by atoms with E-state index in [0.29, 0.717) is 0 Å². The minimum Gasteiger partial charge on any atom is -0.354 e. The van der Waals surface area contributed by atoms with Gasteiger partial charge in [-0.25, -0.2) is 9.37 Å². The van der Waals surface area contributed by atoms with Crippen molar-refractivity contribution in [1.29, 1.82) is 0 Å². The highest BCUT2D eigenvalue weighted by molar-refractivity contribution is 7.70. The van der Waals surface area contributed by atoms with E-state index in [9.17, 15) is 8.96 Å². The Morgan fingerprint density at radius 3 is 2.40 bits per heavy atom. The summed E-state index contributed by atoms with van der Waals surface area (Å²) in [5.41, 5.74) is 1.01. The summed E-state index contributed by atoms with van der Waals surface area (Å²) in [6, 6.07) is 10.9. The molecule has 25 heavy (non-hydrogen) atoms. The van der Waals surface area contributed by atoms with Crippen molar-refractivity contribution in [2.45, 2.75) is 13.0 Å². The first kappa shape index (κ1) is 18.1. The van der Waals surface area contributed by atoms with Crippen LogP contribution >= 0.6 is 7.14 Å². The average Bonchev–Trinajstić information content (AvgIpc) is 2.61. The summed E-state index contributed by atoms with van der Waals surface area (Å²) in [6.45, 7) is 9.20. The standard InChI is InChI=1S/C19H25FN3OP/c1-15(16-5-4-6-17(20)13-16)22-9-11-23(12-10-22)19-8-7-18(14-21-19)25(2,3)24/h4-8,13-15H,9-12H2,1-3H3. The molecule has 1 aliphatic rings. The SMILES string of the molecule is CC(c1cccc(F)c1)N1CCN(c2ccc(P(C)(C)=O)cn2)CC1. The lowest BCUT2D eigenvalue weighted by Gasteiger charge is -2.38. The predicted molar refractivity (Wildman–Crippen MR) is 102 cm³/mol. The molecule has 2 heterocycles. The fourth-order valence-electron chi connectivity index (χ4n) is 3.20. The number of hydrogen-bond acceptors (Lipinski definition) is 4. The third kappa shape index (κ3) is 4.28. The number of piperazine rings is 1. The van der Waals surface area contributed by atoms with Crippen LogP contribution in [0.5, 0.6) is 0 Å². The first-order chi connectivity index (χ1) is 11.8. The van der Waals surface area contributed by atoms with Crippen LogP contribution < -0.4 is 10.2 Å². The third-order valence-electron chi connectivity index (χ3n) is 4.87. The molecule has 1 atom stereocenters. The zero-order valence-corrected chi connectivity index (χ0v) is 15.9. The number of rotatable bonds is 4. The number of anilines is 1. The normalized spacial score (nSPS) is 17.5. The molecule has 1 aliphatic heterocycles. The van der Waals surface area contributed by atoms with Gasteiger partial charge in [-0.3, -0.25) is 4.90 Å². The number of pyridine rings is 1. The molecule has 1 aromatic carbocycles. The van der Waals surface area contributed by atoms with E-state index in [2.05, 4.69) is 21.7 Å². The second-order valence-corrected chi connectivity index (χ2v) is 10.2. The van der Waals surface area contributed by atoms with E-state index in [1.807, 2.05) is 18.2 Å². The molecule has 0 saturated carbocycles. The first-order valence-corrected chi connectivity index (χ1v) is 11.2. The van der Waals surface area contributed by atoms with Gasteiger partial charge in [0.05, 0.1) is 0 Å². The van der Waals surface area contributed by atoms with Gasteiger partial charge in [-0.1, -0.05) is 12.1 Å². The summed E-state index contributed by atoms with van der Waals surface area (Å²) >= 11 is 0. The number of aromatic nitrogens is 1. The lowest BCUT2D eigenvalue weighted by molar-refractivity contribution is 0.198. The van der Waals surface area contributed by atoms with E-state index in [-0.39, 0.29) is 11.9 Å².